The predicted molar refractivity (Wildman–Crippen MR) is 138 cm³/mol. The number of imide groups is 2. The molecule has 2 heterocycles. The van der Waals surface area contributed by atoms with Gasteiger partial charge in [0, 0.05) is 18.5 Å². The van der Waals surface area contributed by atoms with Crippen LogP contribution in [-0.2, 0) is 19.2 Å². The van der Waals surface area contributed by atoms with Gasteiger partial charge in [-0.25, -0.2) is 4.90 Å². The van der Waals surface area contributed by atoms with Gasteiger partial charge in [0.1, 0.15) is 12.4 Å². The molecule has 8 heteroatoms. The summed E-state index contributed by atoms with van der Waals surface area (Å²) in [6.07, 6.45) is 2.75. The van der Waals surface area contributed by atoms with Crippen molar-refractivity contribution in [2.24, 2.45) is 29.1 Å². The zero-order valence-electron chi connectivity index (χ0n) is 21.4. The summed E-state index contributed by atoms with van der Waals surface area (Å²) in [5, 5.41) is 9.42. The van der Waals surface area contributed by atoms with Crippen LogP contribution >= 0.6 is 0 Å². The minimum atomic E-state index is -1.13. The van der Waals surface area contributed by atoms with E-state index in [4.69, 9.17) is 4.74 Å². The maximum atomic E-state index is 14.3. The van der Waals surface area contributed by atoms with Gasteiger partial charge in [0.15, 0.2) is 0 Å². The Balaban J connectivity index is 1.54. The van der Waals surface area contributed by atoms with E-state index in [1.807, 2.05) is 37.3 Å². The van der Waals surface area contributed by atoms with Gasteiger partial charge in [-0.3, -0.25) is 24.1 Å². The predicted octanol–water partition coefficient (Wildman–Crippen LogP) is 2.92. The Morgan fingerprint density at radius 3 is 2.39 bits per heavy atom. The Morgan fingerprint density at radius 1 is 0.947 bits per heavy atom. The van der Waals surface area contributed by atoms with Gasteiger partial charge in [-0.2, -0.15) is 0 Å². The van der Waals surface area contributed by atoms with Crippen molar-refractivity contribution in [3.05, 3.63) is 71.8 Å². The molecule has 8 nitrogen and oxygen atoms in total. The standard InChI is InChI=1S/C30H30N2O6/c1-30-22(27(35)32(29(30)37)17-8-4-3-5-9-17)16-21-18(12-13-20-24(21)28(36)31(2)26(20)34)25(30)19-10-6-7-11-23(19)38-15-14-33/h3-12,20-22,24-25,33H,13-16H2,1-2H3/t20-,21+,22-,24-,25+,30+/m0/s1. The number of fused-ring (bicyclic) bond motifs is 4. The molecule has 6 rings (SSSR count). The van der Waals surface area contributed by atoms with Crippen LogP contribution in [0.1, 0.15) is 31.2 Å². The van der Waals surface area contributed by atoms with E-state index in [2.05, 4.69) is 0 Å². The highest BCUT2D eigenvalue weighted by Gasteiger charge is 2.67. The van der Waals surface area contributed by atoms with Crippen molar-refractivity contribution in [3.8, 4) is 5.75 Å². The number of carbonyl (C=O) groups excluding carboxylic acids is 4. The number of carbonyl (C=O) groups is 4. The largest absolute Gasteiger partial charge is 0.491 e. The molecule has 0 bridgehead atoms. The molecule has 2 aromatic carbocycles. The van der Waals surface area contributed by atoms with E-state index < -0.39 is 29.1 Å². The molecule has 0 aromatic heterocycles. The molecule has 2 aromatic rings. The quantitative estimate of drug-likeness (QED) is 0.486. The number of amides is 4. The molecule has 1 N–H and O–H groups in total. The maximum absolute atomic E-state index is 14.3. The van der Waals surface area contributed by atoms with Crippen molar-refractivity contribution in [1.29, 1.82) is 0 Å². The first-order valence-corrected chi connectivity index (χ1v) is 13.1. The summed E-state index contributed by atoms with van der Waals surface area (Å²) in [5.74, 6) is -3.03. The summed E-state index contributed by atoms with van der Waals surface area (Å²) in [4.78, 5) is 57.1. The Kier molecular flexibility index (Phi) is 5.76. The summed E-state index contributed by atoms with van der Waals surface area (Å²) < 4.78 is 5.91. The first kappa shape index (κ1) is 24.6. The minimum absolute atomic E-state index is 0.0812. The van der Waals surface area contributed by atoms with E-state index in [0.29, 0.717) is 24.3 Å². The fourth-order valence-electron chi connectivity index (χ4n) is 7.35. The molecule has 196 valence electrons. The zero-order chi connectivity index (χ0) is 26.8. The van der Waals surface area contributed by atoms with Gasteiger partial charge in [-0.05, 0) is 43.9 Å². The van der Waals surface area contributed by atoms with Gasteiger partial charge < -0.3 is 9.84 Å². The number of rotatable bonds is 5. The highest BCUT2D eigenvalue weighted by atomic mass is 16.5. The fraction of sp³-hybridized carbons (Fsp3) is 0.400. The van der Waals surface area contributed by atoms with Crippen LogP contribution in [-0.4, -0.2) is 53.9 Å². The van der Waals surface area contributed by atoms with Gasteiger partial charge >= 0.3 is 0 Å². The van der Waals surface area contributed by atoms with E-state index in [1.165, 1.54) is 16.8 Å². The van der Waals surface area contributed by atoms with Crippen molar-refractivity contribution in [2.75, 3.05) is 25.2 Å². The summed E-state index contributed by atoms with van der Waals surface area (Å²) in [6, 6.07) is 16.3. The lowest BCUT2D eigenvalue weighted by Gasteiger charge is -2.49. The van der Waals surface area contributed by atoms with E-state index >= 15 is 0 Å². The van der Waals surface area contributed by atoms with Crippen LogP contribution in [0.15, 0.2) is 66.2 Å². The average molecular weight is 515 g/mol. The van der Waals surface area contributed by atoms with Crippen LogP contribution < -0.4 is 9.64 Å². The maximum Gasteiger partial charge on any atom is 0.241 e. The van der Waals surface area contributed by atoms with Crippen molar-refractivity contribution in [2.45, 2.75) is 25.7 Å². The Morgan fingerprint density at radius 2 is 1.66 bits per heavy atom. The lowest BCUT2D eigenvalue weighted by atomic mass is 9.51. The number of anilines is 1. The van der Waals surface area contributed by atoms with Gasteiger partial charge in [-0.15, -0.1) is 0 Å². The lowest BCUT2D eigenvalue weighted by Crippen LogP contribution is -2.49. The number of hydrogen-bond acceptors (Lipinski definition) is 6. The molecule has 0 spiro atoms. The third-order valence-electron chi connectivity index (χ3n) is 9.09. The third kappa shape index (κ3) is 3.26. The molecular weight excluding hydrogens is 484 g/mol. The summed E-state index contributed by atoms with van der Waals surface area (Å²) in [7, 11) is 1.52. The average Bonchev–Trinajstić information content (AvgIpc) is 3.27. The van der Waals surface area contributed by atoms with Gasteiger partial charge in [0.2, 0.25) is 23.6 Å². The number of aliphatic hydroxyl groups is 1. The van der Waals surface area contributed by atoms with E-state index in [-0.39, 0.29) is 42.8 Å². The van der Waals surface area contributed by atoms with Crippen LogP contribution in [0.3, 0.4) is 0 Å². The first-order chi connectivity index (χ1) is 18.3. The Bertz CT molecular complexity index is 1370. The van der Waals surface area contributed by atoms with Crippen molar-refractivity contribution >= 4 is 29.3 Å². The zero-order valence-corrected chi connectivity index (χ0v) is 21.4. The van der Waals surface area contributed by atoms with Crippen molar-refractivity contribution < 1.29 is 29.0 Å². The van der Waals surface area contributed by atoms with E-state index in [0.717, 1.165) is 11.1 Å². The second-order valence-electron chi connectivity index (χ2n) is 10.8. The number of para-hydroxylation sites is 2. The molecule has 0 unspecified atom stereocenters. The van der Waals surface area contributed by atoms with E-state index in [1.54, 1.807) is 30.3 Å². The number of benzene rings is 2. The Hall–Kier alpha value is -3.78. The highest BCUT2D eigenvalue weighted by molar-refractivity contribution is 6.24. The number of hydrogen-bond donors (Lipinski definition) is 1. The van der Waals surface area contributed by atoms with E-state index in [9.17, 15) is 24.3 Å². The van der Waals surface area contributed by atoms with Crippen molar-refractivity contribution in [3.63, 3.8) is 0 Å². The minimum Gasteiger partial charge on any atom is -0.491 e. The smallest absolute Gasteiger partial charge is 0.241 e. The molecule has 3 fully saturated rings. The highest BCUT2D eigenvalue weighted by Crippen LogP contribution is 2.64. The molecule has 38 heavy (non-hydrogen) atoms. The van der Waals surface area contributed by atoms with Crippen LogP contribution in [0, 0.1) is 29.1 Å². The summed E-state index contributed by atoms with van der Waals surface area (Å²) in [6.45, 7) is 1.76. The molecule has 6 atom stereocenters. The van der Waals surface area contributed by atoms with Crippen LogP contribution in [0.2, 0.25) is 0 Å². The van der Waals surface area contributed by atoms with Gasteiger partial charge in [0.05, 0.1) is 35.5 Å². The summed E-state index contributed by atoms with van der Waals surface area (Å²) >= 11 is 0. The molecule has 4 aliphatic rings. The lowest BCUT2D eigenvalue weighted by molar-refractivity contribution is -0.138. The fourth-order valence-corrected chi connectivity index (χ4v) is 7.35. The molecular formula is C30H30N2O6. The number of nitrogens with zero attached hydrogens (tertiary/aromatic N) is 2. The number of allylic oxidation sites excluding steroid dienone is 2. The van der Waals surface area contributed by atoms with Crippen LogP contribution in [0.5, 0.6) is 5.75 Å². The molecule has 2 saturated heterocycles. The third-order valence-corrected chi connectivity index (χ3v) is 9.09. The number of aliphatic hydroxyl groups excluding tert-OH is 1. The van der Waals surface area contributed by atoms with Crippen molar-refractivity contribution in [1.82, 2.24) is 4.90 Å². The Labute approximate surface area is 220 Å². The molecule has 2 aliphatic heterocycles. The van der Waals surface area contributed by atoms with Crippen LogP contribution in [0.25, 0.3) is 0 Å². The van der Waals surface area contributed by atoms with Gasteiger partial charge in [0.25, 0.3) is 0 Å². The molecule has 0 radical (unpaired) electrons. The molecule has 1 saturated carbocycles. The second-order valence-corrected chi connectivity index (χ2v) is 10.8. The van der Waals surface area contributed by atoms with Gasteiger partial charge in [-0.1, -0.05) is 48.0 Å². The molecule has 4 amide bonds. The number of ether oxygens (including phenoxy) is 1. The summed E-state index contributed by atoms with van der Waals surface area (Å²) in [5.41, 5.74) is 1.04. The SMILES string of the molecule is CN1C(=O)[C@H]2[C@H](CC=C3[C@H]2C[C@H]2C(=O)N(c4ccccc4)C(=O)[C@@]2(C)[C@H]3c2ccccc2OCCO)C1=O. The monoisotopic (exact) mass is 514 g/mol. The number of likely N-dealkylation sites (tertiary alicyclic amines) is 1. The topological polar surface area (TPSA) is 104 Å². The second kappa shape index (κ2) is 8.91. The normalized spacial score (nSPS) is 32.2. The first-order valence-electron chi connectivity index (χ1n) is 13.1. The van der Waals surface area contributed by atoms with Crippen LogP contribution in [0.4, 0.5) is 5.69 Å². The molecule has 2 aliphatic carbocycles.